The molecule has 16 heavy (non-hydrogen) atoms. The summed E-state index contributed by atoms with van der Waals surface area (Å²) in [5.74, 6) is 0.668. The third-order valence-electron chi connectivity index (χ3n) is 3.87. The van der Waals surface area contributed by atoms with Gasteiger partial charge in [0.05, 0.1) is 11.6 Å². The Morgan fingerprint density at radius 2 is 2.44 bits per heavy atom. The Balaban J connectivity index is 1.79. The lowest BCUT2D eigenvalue weighted by Gasteiger charge is -2.47. The Kier molecular flexibility index (Phi) is 2.44. The van der Waals surface area contributed by atoms with Gasteiger partial charge in [-0.25, -0.2) is 9.67 Å². The first-order valence-electron chi connectivity index (χ1n) is 5.96. The summed E-state index contributed by atoms with van der Waals surface area (Å²) in [6.45, 7) is 0.764. The average Bonchev–Trinajstić information content (AvgIpc) is 2.75. The third kappa shape index (κ3) is 1.55. The molecule has 0 amide bonds. The largest absolute Gasteiger partial charge is 0.388 e. The molecule has 0 radical (unpaired) electrons. The normalized spacial score (nSPS) is 27.9. The van der Waals surface area contributed by atoms with Crippen molar-refractivity contribution < 1.29 is 9.84 Å². The van der Waals surface area contributed by atoms with Gasteiger partial charge in [-0.2, -0.15) is 5.10 Å². The van der Waals surface area contributed by atoms with Crippen LogP contribution in [-0.2, 0) is 11.3 Å². The van der Waals surface area contributed by atoms with Crippen LogP contribution in [0.5, 0.6) is 0 Å². The van der Waals surface area contributed by atoms with Crippen LogP contribution >= 0.6 is 0 Å². The second-order valence-electron chi connectivity index (χ2n) is 4.81. The van der Waals surface area contributed by atoms with E-state index in [-0.39, 0.29) is 12.2 Å². The van der Waals surface area contributed by atoms with Gasteiger partial charge in [-0.15, -0.1) is 0 Å². The van der Waals surface area contributed by atoms with E-state index in [0.717, 1.165) is 19.4 Å². The quantitative estimate of drug-likeness (QED) is 0.814. The molecule has 1 saturated heterocycles. The number of ether oxygens (including phenoxy) is 1. The summed E-state index contributed by atoms with van der Waals surface area (Å²) >= 11 is 0. The van der Waals surface area contributed by atoms with E-state index in [4.69, 9.17) is 4.74 Å². The predicted octanol–water partition coefficient (Wildman–Crippen LogP) is 1.04. The molecule has 2 fully saturated rings. The summed E-state index contributed by atoms with van der Waals surface area (Å²) in [5, 5.41) is 13.4. The summed E-state index contributed by atoms with van der Waals surface area (Å²) in [6.07, 6.45) is 7.13. The van der Waals surface area contributed by atoms with Crippen LogP contribution in [0.15, 0.2) is 6.33 Å². The predicted molar refractivity (Wildman–Crippen MR) is 56.7 cm³/mol. The zero-order chi connectivity index (χ0) is 11.0. The average molecular weight is 223 g/mol. The molecule has 1 aliphatic carbocycles. The fraction of sp³-hybridized carbons (Fsp3) is 0.818. The molecule has 1 N–H and O–H groups in total. The summed E-state index contributed by atoms with van der Waals surface area (Å²) in [7, 11) is 0. The van der Waals surface area contributed by atoms with Crippen molar-refractivity contribution in [3.63, 3.8) is 0 Å². The van der Waals surface area contributed by atoms with Gasteiger partial charge < -0.3 is 9.84 Å². The second-order valence-corrected chi connectivity index (χ2v) is 4.81. The van der Waals surface area contributed by atoms with Gasteiger partial charge >= 0.3 is 0 Å². The molecule has 1 aromatic rings. The zero-order valence-corrected chi connectivity index (χ0v) is 9.30. The number of aliphatic hydroxyl groups is 1. The Bertz CT molecular complexity index is 373. The molecular weight excluding hydrogens is 206 g/mol. The van der Waals surface area contributed by atoms with E-state index < -0.39 is 0 Å². The molecule has 1 unspecified atom stereocenters. The van der Waals surface area contributed by atoms with Gasteiger partial charge in [-0.1, -0.05) is 0 Å². The van der Waals surface area contributed by atoms with Gasteiger partial charge in [0.2, 0.25) is 0 Å². The van der Waals surface area contributed by atoms with Crippen molar-refractivity contribution in [3.8, 4) is 0 Å². The molecule has 2 heterocycles. The molecule has 2 aliphatic rings. The van der Waals surface area contributed by atoms with Gasteiger partial charge in [0.1, 0.15) is 12.9 Å². The third-order valence-corrected chi connectivity index (χ3v) is 3.87. The summed E-state index contributed by atoms with van der Waals surface area (Å²) in [5.41, 5.74) is 0.113. The van der Waals surface area contributed by atoms with Crippen molar-refractivity contribution in [2.75, 3.05) is 6.61 Å². The van der Waals surface area contributed by atoms with Crippen molar-refractivity contribution in [2.24, 2.45) is 0 Å². The molecule has 5 heteroatoms. The molecular formula is C11H17N3O2. The number of hydrogen-bond acceptors (Lipinski definition) is 4. The molecule has 1 aliphatic heterocycles. The number of nitrogens with zero attached hydrogens (tertiary/aromatic N) is 3. The van der Waals surface area contributed by atoms with E-state index in [9.17, 15) is 5.11 Å². The first-order chi connectivity index (χ1) is 7.83. The van der Waals surface area contributed by atoms with E-state index in [2.05, 4.69) is 10.1 Å². The van der Waals surface area contributed by atoms with Crippen molar-refractivity contribution >= 4 is 0 Å². The maximum absolute atomic E-state index is 9.18. The minimum atomic E-state index is -0.0373. The Morgan fingerprint density at radius 1 is 1.56 bits per heavy atom. The first kappa shape index (κ1) is 10.2. The number of hydrogen-bond donors (Lipinski definition) is 1. The Labute approximate surface area is 94.4 Å². The molecule has 0 bridgehead atoms. The molecule has 1 saturated carbocycles. The van der Waals surface area contributed by atoms with Crippen LogP contribution in [0.4, 0.5) is 0 Å². The van der Waals surface area contributed by atoms with Crippen molar-refractivity contribution in [2.45, 2.75) is 50.4 Å². The van der Waals surface area contributed by atoms with Crippen LogP contribution in [0.3, 0.4) is 0 Å². The lowest BCUT2D eigenvalue weighted by molar-refractivity contribution is -0.142. The highest BCUT2D eigenvalue weighted by molar-refractivity contribution is 4.97. The minimum Gasteiger partial charge on any atom is -0.388 e. The number of rotatable bonds is 2. The SMILES string of the molecule is OCc1ncnn1C1CCOC2(CCC2)C1. The van der Waals surface area contributed by atoms with Crippen LogP contribution in [-0.4, -0.2) is 32.1 Å². The van der Waals surface area contributed by atoms with Gasteiger partial charge in [0.15, 0.2) is 5.82 Å². The fourth-order valence-corrected chi connectivity index (χ4v) is 2.82. The van der Waals surface area contributed by atoms with Gasteiger partial charge in [-0.05, 0) is 32.1 Å². The van der Waals surface area contributed by atoms with Crippen LogP contribution in [0.25, 0.3) is 0 Å². The molecule has 3 rings (SSSR count). The second kappa shape index (κ2) is 3.82. The molecule has 1 aromatic heterocycles. The Morgan fingerprint density at radius 3 is 3.12 bits per heavy atom. The maximum atomic E-state index is 9.18. The molecule has 5 nitrogen and oxygen atoms in total. The van der Waals surface area contributed by atoms with Crippen molar-refractivity contribution in [1.29, 1.82) is 0 Å². The molecule has 0 aromatic carbocycles. The lowest BCUT2D eigenvalue weighted by atomic mass is 9.74. The zero-order valence-electron chi connectivity index (χ0n) is 9.30. The Hall–Kier alpha value is -0.940. The summed E-state index contributed by atoms with van der Waals surface area (Å²) < 4.78 is 7.76. The van der Waals surface area contributed by atoms with E-state index >= 15 is 0 Å². The number of aromatic nitrogens is 3. The minimum absolute atomic E-state index is 0.0373. The van der Waals surface area contributed by atoms with Crippen LogP contribution in [0, 0.1) is 0 Å². The molecule has 1 atom stereocenters. The van der Waals surface area contributed by atoms with Crippen LogP contribution in [0.1, 0.15) is 44.0 Å². The standard InChI is InChI=1S/C11H17N3O2/c15-7-10-12-8-13-14(10)9-2-5-16-11(6-9)3-1-4-11/h8-9,15H,1-7H2. The maximum Gasteiger partial charge on any atom is 0.152 e. The summed E-state index contributed by atoms with van der Waals surface area (Å²) in [6, 6.07) is 0.346. The highest BCUT2D eigenvalue weighted by atomic mass is 16.5. The van der Waals surface area contributed by atoms with Crippen molar-refractivity contribution in [1.82, 2.24) is 14.8 Å². The van der Waals surface area contributed by atoms with Crippen LogP contribution in [0.2, 0.25) is 0 Å². The highest BCUT2D eigenvalue weighted by Gasteiger charge is 2.43. The fourth-order valence-electron chi connectivity index (χ4n) is 2.82. The highest BCUT2D eigenvalue weighted by Crippen LogP contribution is 2.45. The molecule has 88 valence electrons. The number of aliphatic hydroxyl groups excluding tert-OH is 1. The topological polar surface area (TPSA) is 60.2 Å². The van der Waals surface area contributed by atoms with Gasteiger partial charge in [0.25, 0.3) is 0 Å². The van der Waals surface area contributed by atoms with E-state index in [1.807, 2.05) is 4.68 Å². The smallest absolute Gasteiger partial charge is 0.152 e. The summed E-state index contributed by atoms with van der Waals surface area (Å²) in [4.78, 5) is 4.06. The van der Waals surface area contributed by atoms with Gasteiger partial charge in [-0.3, -0.25) is 0 Å². The van der Waals surface area contributed by atoms with E-state index in [1.165, 1.54) is 25.6 Å². The first-order valence-corrected chi connectivity index (χ1v) is 5.96. The van der Waals surface area contributed by atoms with Crippen LogP contribution < -0.4 is 0 Å². The van der Waals surface area contributed by atoms with E-state index in [1.54, 1.807) is 0 Å². The lowest BCUT2D eigenvalue weighted by Crippen LogP contribution is -2.46. The van der Waals surface area contributed by atoms with Gasteiger partial charge in [0, 0.05) is 6.61 Å². The molecule has 1 spiro atoms. The van der Waals surface area contributed by atoms with Crippen molar-refractivity contribution in [3.05, 3.63) is 12.2 Å². The van der Waals surface area contributed by atoms with E-state index in [0.29, 0.717) is 11.9 Å². The monoisotopic (exact) mass is 223 g/mol.